The number of para-hydroxylation sites is 1. The molecule has 77 heavy (non-hydrogen) atoms. The number of aliphatic hydroxyl groups excluding tert-OH is 2. The minimum atomic E-state index is -1.80. The Bertz CT molecular complexity index is 2740. The molecule has 0 saturated carbocycles. The molecule has 8 amide bonds. The van der Waals surface area contributed by atoms with E-state index in [9.17, 15) is 53.7 Å². The van der Waals surface area contributed by atoms with Crippen LogP contribution in [0, 0.1) is 0 Å². The number of benzene rings is 3. The van der Waals surface area contributed by atoms with Crippen LogP contribution in [0.2, 0.25) is 0 Å². The van der Waals surface area contributed by atoms with Crippen molar-refractivity contribution in [3.05, 3.63) is 102 Å². The number of carbonyl (C=O) groups is 8. The summed E-state index contributed by atoms with van der Waals surface area (Å²) in [6.07, 6.45) is -1.83. The van der Waals surface area contributed by atoms with Crippen LogP contribution in [0.1, 0.15) is 57.2 Å². The lowest BCUT2D eigenvalue weighted by molar-refractivity contribution is -0.137. The number of carbonyl (C=O) groups excluding carboxylic acids is 8. The zero-order valence-electron chi connectivity index (χ0n) is 43.0. The van der Waals surface area contributed by atoms with Crippen LogP contribution < -0.4 is 60.2 Å². The quantitative estimate of drug-likeness (QED) is 0.0238. The van der Waals surface area contributed by atoms with Gasteiger partial charge < -0.3 is 80.5 Å². The summed E-state index contributed by atoms with van der Waals surface area (Å²) in [5.74, 6) is -8.15. The number of hydrogen-bond donors (Lipinski definition) is 15. The van der Waals surface area contributed by atoms with Gasteiger partial charge in [-0.2, -0.15) is 0 Å². The first-order valence-electron chi connectivity index (χ1n) is 24.7. The van der Waals surface area contributed by atoms with E-state index >= 15 is 0 Å². The van der Waals surface area contributed by atoms with Gasteiger partial charge in [-0.25, -0.2) is 0 Å². The molecule has 1 saturated heterocycles. The van der Waals surface area contributed by atoms with E-state index in [1.165, 1.54) is 52.0 Å². The Labute approximate surface area is 452 Å². The van der Waals surface area contributed by atoms with Crippen LogP contribution in [0.15, 0.2) is 90.1 Å². The molecule has 0 bridgehead atoms. The molecule has 0 aliphatic carbocycles. The molecule has 0 radical (unpaired) electrons. The molecule has 5 rings (SSSR count). The number of aliphatic hydroxyl groups is 2. The van der Waals surface area contributed by atoms with Gasteiger partial charge in [0.2, 0.25) is 47.3 Å². The number of aromatic amines is 1. The van der Waals surface area contributed by atoms with Gasteiger partial charge in [0.05, 0.1) is 18.2 Å². The summed E-state index contributed by atoms with van der Waals surface area (Å²) in [7, 11) is 1.92. The smallest absolute Gasteiger partial charge is 0.245 e. The number of guanidine groups is 1. The van der Waals surface area contributed by atoms with Crippen molar-refractivity contribution in [1.29, 1.82) is 0 Å². The second-order valence-electron chi connectivity index (χ2n) is 19.2. The first-order valence-corrected chi connectivity index (χ1v) is 27.0. The normalized spacial score (nSPS) is 22.5. The molecule has 0 spiro atoms. The average molecular weight is 1100 g/mol. The zero-order chi connectivity index (χ0) is 56.6. The van der Waals surface area contributed by atoms with Gasteiger partial charge in [0.1, 0.15) is 48.0 Å². The maximum absolute atomic E-state index is 14.9. The van der Waals surface area contributed by atoms with E-state index < -0.39 is 113 Å². The Morgan fingerprint density at radius 3 is 2.01 bits per heavy atom. The van der Waals surface area contributed by atoms with Crippen molar-refractivity contribution in [3.8, 4) is 5.75 Å². The fourth-order valence-corrected chi connectivity index (χ4v) is 11.0. The number of amides is 8. The predicted molar refractivity (Wildman–Crippen MR) is 292 cm³/mol. The molecular formula is C51H69N13O11S2. The van der Waals surface area contributed by atoms with Crippen LogP contribution in [0.3, 0.4) is 0 Å². The van der Waals surface area contributed by atoms with Crippen molar-refractivity contribution in [2.75, 3.05) is 12.3 Å². The first kappa shape index (κ1) is 60.5. The lowest BCUT2D eigenvalue weighted by Gasteiger charge is -2.36. The lowest BCUT2D eigenvalue weighted by Crippen LogP contribution is -2.65. The van der Waals surface area contributed by atoms with Gasteiger partial charge in [-0.05, 0) is 81.8 Å². The van der Waals surface area contributed by atoms with E-state index in [1.807, 2.05) is 6.07 Å². The van der Waals surface area contributed by atoms with Crippen molar-refractivity contribution in [1.82, 2.24) is 42.2 Å². The van der Waals surface area contributed by atoms with E-state index in [0.29, 0.717) is 22.0 Å². The minimum absolute atomic E-state index is 0.00282. The molecule has 1 aromatic heterocycles. The van der Waals surface area contributed by atoms with Crippen molar-refractivity contribution in [2.24, 2.45) is 27.9 Å². The highest BCUT2D eigenvalue weighted by Gasteiger charge is 2.43. The number of H-pyrrole nitrogens is 1. The summed E-state index contributed by atoms with van der Waals surface area (Å²) in [5.41, 5.74) is 25.5. The van der Waals surface area contributed by atoms with Crippen LogP contribution in [0.5, 0.6) is 5.75 Å². The number of phenolic OH excluding ortho intramolecular Hbond substituents is 1. The van der Waals surface area contributed by atoms with E-state index in [2.05, 4.69) is 47.2 Å². The molecule has 1 aliphatic heterocycles. The molecule has 3 aromatic carbocycles. The third-order valence-electron chi connectivity index (χ3n) is 12.5. The van der Waals surface area contributed by atoms with Crippen molar-refractivity contribution in [2.45, 2.75) is 125 Å². The van der Waals surface area contributed by atoms with Crippen molar-refractivity contribution in [3.63, 3.8) is 0 Å². The second-order valence-corrected chi connectivity index (χ2v) is 22.2. The number of phenols is 1. The van der Waals surface area contributed by atoms with E-state index in [1.54, 1.807) is 54.7 Å². The highest BCUT2D eigenvalue weighted by molar-refractivity contribution is 8.77. The number of primary amides is 1. The zero-order valence-corrected chi connectivity index (χ0v) is 44.6. The monoisotopic (exact) mass is 1100 g/mol. The van der Waals surface area contributed by atoms with Crippen LogP contribution in [0.25, 0.3) is 10.9 Å². The Morgan fingerprint density at radius 2 is 1.38 bits per heavy atom. The number of rotatable bonds is 17. The summed E-state index contributed by atoms with van der Waals surface area (Å²) >= 11 is 0. The van der Waals surface area contributed by atoms with Gasteiger partial charge in [-0.15, -0.1) is 0 Å². The molecule has 3 unspecified atom stereocenters. The molecule has 24 nitrogen and oxygen atoms in total. The number of fused-ring (bicyclic) bond motifs is 1. The Hall–Kier alpha value is -7.39. The SMILES string of the molecule is C[C@@H](O)C1NC(=O)[C@H](CCCN=C(N)N)NC(=O)[C@@H](Cc2c[nH]c3ccccc23)NC(=O)C(Cc2ccc(O)cc2)NC(=O)[C@@H](NC(=O)[C@H](N)Cc2ccccc2)CSSC(C)(C)C(C(=O)N[C@H](C(N)=O)[C@@H](C)O)NC1=O. The molecule has 4 aromatic rings. The number of nitrogens with two attached hydrogens (primary N) is 4. The first-order chi connectivity index (χ1) is 36.4. The topological polar surface area (TPSA) is 414 Å². The number of aliphatic imine (C=N–C) groups is 1. The third-order valence-corrected chi connectivity index (χ3v) is 15.8. The summed E-state index contributed by atoms with van der Waals surface area (Å²) in [4.78, 5) is 121. The molecule has 19 N–H and O–H groups in total. The number of aromatic hydroxyl groups is 1. The largest absolute Gasteiger partial charge is 0.508 e. The van der Waals surface area contributed by atoms with Gasteiger partial charge >= 0.3 is 0 Å². The Morgan fingerprint density at radius 1 is 0.766 bits per heavy atom. The fourth-order valence-electron chi connectivity index (χ4n) is 8.23. The minimum Gasteiger partial charge on any atom is -0.508 e. The van der Waals surface area contributed by atoms with E-state index in [0.717, 1.165) is 27.2 Å². The number of aromatic nitrogens is 1. The Balaban J connectivity index is 1.64. The maximum Gasteiger partial charge on any atom is 0.245 e. The van der Waals surface area contributed by atoms with E-state index in [-0.39, 0.29) is 56.1 Å². The molecule has 1 fully saturated rings. The van der Waals surface area contributed by atoms with Crippen molar-refractivity contribution < 1.29 is 53.7 Å². The summed E-state index contributed by atoms with van der Waals surface area (Å²) in [6, 6.07) is 9.79. The van der Waals surface area contributed by atoms with Gasteiger partial charge in [-0.3, -0.25) is 43.3 Å². The second kappa shape index (κ2) is 28.1. The van der Waals surface area contributed by atoms with Crippen LogP contribution >= 0.6 is 21.6 Å². The molecule has 2 heterocycles. The lowest BCUT2D eigenvalue weighted by atomic mass is 9.99. The van der Waals surface area contributed by atoms with Crippen LogP contribution in [-0.4, -0.2) is 151 Å². The van der Waals surface area contributed by atoms with Gasteiger partial charge in [0, 0.05) is 47.0 Å². The summed E-state index contributed by atoms with van der Waals surface area (Å²) in [6.45, 7) is 5.45. The fraction of sp³-hybridized carbons (Fsp3) is 0.431. The van der Waals surface area contributed by atoms with Gasteiger partial charge in [0.15, 0.2) is 5.96 Å². The third kappa shape index (κ3) is 17.8. The van der Waals surface area contributed by atoms with E-state index in [4.69, 9.17) is 22.9 Å². The summed E-state index contributed by atoms with van der Waals surface area (Å²) < 4.78 is -1.45. The standard InChI is InChI=1S/C51H69N13O11S2/c1-26(65)39(42(53)68)62-49(75)41-51(3,4)77-76-25-38(61-43(69)33(52)21-28-11-6-5-7-12-28)47(73)59-36(22-29-16-18-31(67)19-17-29)45(71)60-37(23-30-24-57-34-14-9-8-13-32(30)34)46(72)58-35(15-10-20-56-50(54)55)44(70)63-40(27(2)66)48(74)64-41/h5-9,11-14,16-19,24,26-27,33,35-41,57,65-67H,10,15,20-23,25,52H2,1-4H3,(H2,53,68)(H,58,72)(H,59,73)(H,60,71)(H,61,69)(H,62,75)(H,63,70)(H,64,74)(H4,54,55,56)/t26-,27-,33-,35+,36?,37-,38+,39+,40?,41?/m1/s1. The highest BCUT2D eigenvalue weighted by Crippen LogP contribution is 2.39. The molecule has 1 aliphatic rings. The number of nitrogens with zero attached hydrogens (tertiary/aromatic N) is 1. The van der Waals surface area contributed by atoms with Gasteiger partial charge in [0.25, 0.3) is 0 Å². The summed E-state index contributed by atoms with van der Waals surface area (Å²) in [5, 5.41) is 50.6. The predicted octanol–water partition coefficient (Wildman–Crippen LogP) is -1.90. The molecule has 26 heteroatoms. The molecular weight excluding hydrogens is 1030 g/mol. The average Bonchev–Trinajstić information content (AvgIpc) is 3.79. The van der Waals surface area contributed by atoms with Gasteiger partial charge in [-0.1, -0.05) is 82.3 Å². The number of hydrogen-bond acceptors (Lipinski definition) is 15. The number of nitrogens with one attached hydrogen (secondary N) is 8. The van der Waals surface area contributed by atoms with Crippen LogP contribution in [0.4, 0.5) is 0 Å². The van der Waals surface area contributed by atoms with Crippen molar-refractivity contribution >= 4 is 85.7 Å². The highest BCUT2D eigenvalue weighted by atomic mass is 33.1. The Kier molecular flexibility index (Phi) is 22.1. The van der Waals surface area contributed by atoms with Crippen LogP contribution in [-0.2, 0) is 57.6 Å². The molecule has 416 valence electrons. The molecule has 10 atom stereocenters. The maximum atomic E-state index is 14.9.